The number of hydrogen-bond acceptors (Lipinski definition) is 4. The number of nitrogens with two attached hydrogens (primary N) is 1. The molecule has 0 radical (unpaired) electrons. The van der Waals surface area contributed by atoms with E-state index in [0.717, 1.165) is 0 Å². The average Bonchev–Trinajstić information content (AvgIpc) is 1.61. The molecule has 0 aromatic heterocycles. The number of aliphatic hydroxyl groups is 1. The fourth-order valence-corrected chi connectivity index (χ4v) is 0. The van der Waals surface area contributed by atoms with Crippen LogP contribution in [0.2, 0.25) is 0 Å². The predicted molar refractivity (Wildman–Crippen MR) is 30.5 cm³/mol. The Balaban J connectivity index is 0. The van der Waals surface area contributed by atoms with Crippen LogP contribution in [-0.2, 0) is 15.1 Å². The Morgan fingerprint density at radius 1 is 1.50 bits per heavy atom. The van der Waals surface area contributed by atoms with Crippen LogP contribution in [0, 0.1) is 0 Å². The van der Waals surface area contributed by atoms with Crippen LogP contribution in [0.15, 0.2) is 0 Å². The zero-order chi connectivity index (χ0) is 8.78. The van der Waals surface area contributed by atoms with Gasteiger partial charge < -0.3 is 10.2 Å². The summed E-state index contributed by atoms with van der Waals surface area (Å²) in [5.41, 5.74) is 0. The molecular weight excluding hydrogens is 166 g/mol. The van der Waals surface area contributed by atoms with Crippen molar-refractivity contribution >= 4 is 16.3 Å². The second kappa shape index (κ2) is 5.11. The van der Waals surface area contributed by atoms with Gasteiger partial charge in [-0.1, -0.05) is 0 Å². The van der Waals surface area contributed by atoms with Gasteiger partial charge in [0.25, 0.3) is 0 Å². The van der Waals surface area contributed by atoms with Crippen molar-refractivity contribution in [2.24, 2.45) is 5.14 Å². The Morgan fingerprint density at radius 2 is 1.60 bits per heavy atom. The minimum atomic E-state index is -4.17. The first-order valence-electron chi connectivity index (χ1n) is 1.85. The van der Waals surface area contributed by atoms with E-state index in [2.05, 4.69) is 5.14 Å². The Kier molecular flexibility index (Phi) is 6.15. The molecular formula is C2H7NO6S. The largest absolute Gasteiger partial charge is 0.480 e. The van der Waals surface area contributed by atoms with Crippen molar-refractivity contribution in [2.45, 2.75) is 0 Å². The van der Waals surface area contributed by atoms with Crippen molar-refractivity contribution in [3.63, 3.8) is 0 Å². The standard InChI is InChI=1S/C2H4O3.H3NO3S/c3-1-2(4)5;1-5(2,3)4/h3H,1H2,(H,4,5);(H3,1,2,3,4). The van der Waals surface area contributed by atoms with E-state index in [1.165, 1.54) is 0 Å². The van der Waals surface area contributed by atoms with Crippen LogP contribution in [0.25, 0.3) is 0 Å². The van der Waals surface area contributed by atoms with E-state index in [4.69, 9.17) is 28.0 Å². The molecule has 7 nitrogen and oxygen atoms in total. The highest BCUT2D eigenvalue weighted by atomic mass is 32.2. The summed E-state index contributed by atoms with van der Waals surface area (Å²) >= 11 is 0. The average molecular weight is 173 g/mol. The lowest BCUT2D eigenvalue weighted by molar-refractivity contribution is -0.140. The van der Waals surface area contributed by atoms with Crippen LogP contribution in [0.3, 0.4) is 0 Å². The van der Waals surface area contributed by atoms with E-state index in [0.29, 0.717) is 0 Å². The first kappa shape index (κ1) is 12.0. The number of aliphatic carboxylic acids is 1. The van der Waals surface area contributed by atoms with Gasteiger partial charge in [0.2, 0.25) is 0 Å². The number of aliphatic hydroxyl groups excluding tert-OH is 1. The van der Waals surface area contributed by atoms with Crippen molar-refractivity contribution in [3.05, 3.63) is 0 Å². The van der Waals surface area contributed by atoms with Gasteiger partial charge in [-0.15, -0.1) is 0 Å². The van der Waals surface area contributed by atoms with Crippen molar-refractivity contribution in [2.75, 3.05) is 6.61 Å². The number of hydrogen-bond donors (Lipinski definition) is 4. The Morgan fingerprint density at radius 3 is 1.60 bits per heavy atom. The van der Waals surface area contributed by atoms with E-state index in [1.807, 2.05) is 0 Å². The molecule has 0 spiro atoms. The fraction of sp³-hybridized carbons (Fsp3) is 0.500. The van der Waals surface area contributed by atoms with Crippen molar-refractivity contribution in [3.8, 4) is 0 Å². The first-order valence-corrected chi connectivity index (χ1v) is 3.35. The molecule has 0 unspecified atom stereocenters. The van der Waals surface area contributed by atoms with Crippen LogP contribution in [-0.4, -0.2) is 35.8 Å². The molecule has 0 rings (SSSR count). The summed E-state index contributed by atoms with van der Waals surface area (Å²) < 4.78 is 25.2. The predicted octanol–water partition coefficient (Wildman–Crippen LogP) is -2.19. The Labute approximate surface area is 57.0 Å². The van der Waals surface area contributed by atoms with Gasteiger partial charge in [-0.05, 0) is 0 Å². The van der Waals surface area contributed by atoms with Gasteiger partial charge in [0.15, 0.2) is 0 Å². The molecule has 0 saturated heterocycles. The minimum absolute atomic E-state index is 0.778. The lowest BCUT2D eigenvalue weighted by Crippen LogP contribution is -2.08. The molecule has 0 aliphatic carbocycles. The van der Waals surface area contributed by atoms with Gasteiger partial charge in [-0.2, -0.15) is 8.42 Å². The summed E-state index contributed by atoms with van der Waals surface area (Å²) in [7, 11) is -4.17. The van der Waals surface area contributed by atoms with Gasteiger partial charge in [-0.25, -0.2) is 9.93 Å². The number of rotatable bonds is 1. The van der Waals surface area contributed by atoms with Crippen LogP contribution in [0.5, 0.6) is 0 Å². The molecule has 0 fully saturated rings. The van der Waals surface area contributed by atoms with Gasteiger partial charge >= 0.3 is 16.3 Å². The summed E-state index contributed by atoms with van der Waals surface area (Å²) in [6.45, 7) is -0.778. The topological polar surface area (TPSA) is 138 Å². The zero-order valence-electron chi connectivity index (χ0n) is 4.76. The summed E-state index contributed by atoms with van der Waals surface area (Å²) in [6.07, 6.45) is 0. The third-order valence-electron chi connectivity index (χ3n) is 0.135. The highest BCUT2D eigenvalue weighted by molar-refractivity contribution is 7.83. The molecule has 62 valence electrons. The molecule has 5 N–H and O–H groups in total. The monoisotopic (exact) mass is 173 g/mol. The molecule has 10 heavy (non-hydrogen) atoms. The Hall–Kier alpha value is -0.700. The summed E-state index contributed by atoms with van der Waals surface area (Å²) in [4.78, 5) is 9.12. The van der Waals surface area contributed by atoms with Crippen molar-refractivity contribution in [1.82, 2.24) is 0 Å². The van der Waals surface area contributed by atoms with Gasteiger partial charge in [0.05, 0.1) is 0 Å². The van der Waals surface area contributed by atoms with Crippen LogP contribution in [0.1, 0.15) is 0 Å². The van der Waals surface area contributed by atoms with Gasteiger partial charge in [-0.3, -0.25) is 4.55 Å². The molecule has 0 bridgehead atoms. The van der Waals surface area contributed by atoms with E-state index >= 15 is 0 Å². The SMILES string of the molecule is NS(=O)(=O)O.O=C(O)CO. The summed E-state index contributed by atoms with van der Waals surface area (Å²) in [5.74, 6) is -1.19. The normalized spacial score (nSPS) is 9.50. The molecule has 0 atom stereocenters. The lowest BCUT2D eigenvalue weighted by Gasteiger charge is -1.72. The van der Waals surface area contributed by atoms with Gasteiger partial charge in [0.1, 0.15) is 6.61 Å². The van der Waals surface area contributed by atoms with Crippen LogP contribution in [0.4, 0.5) is 0 Å². The first-order chi connectivity index (χ1) is 4.27. The fourth-order valence-electron chi connectivity index (χ4n) is 0. The van der Waals surface area contributed by atoms with Gasteiger partial charge in [0, 0.05) is 0 Å². The molecule has 0 aliphatic heterocycles. The third kappa shape index (κ3) is 171. The highest BCUT2D eigenvalue weighted by Gasteiger charge is 1.82. The van der Waals surface area contributed by atoms with Crippen molar-refractivity contribution < 1.29 is 28.0 Å². The Bertz CT molecular complexity index is 174. The van der Waals surface area contributed by atoms with Crippen LogP contribution < -0.4 is 5.14 Å². The second-order valence-electron chi connectivity index (χ2n) is 1.07. The summed E-state index contributed by atoms with van der Waals surface area (Å²) in [6, 6.07) is 0. The number of carboxylic acid groups (broad SMARTS) is 1. The minimum Gasteiger partial charge on any atom is -0.480 e. The smallest absolute Gasteiger partial charge is 0.330 e. The maximum absolute atomic E-state index is 9.12. The molecule has 8 heteroatoms. The molecule has 0 saturated carbocycles. The highest BCUT2D eigenvalue weighted by Crippen LogP contribution is 1.50. The van der Waals surface area contributed by atoms with Crippen LogP contribution >= 0.6 is 0 Å². The van der Waals surface area contributed by atoms with E-state index in [9.17, 15) is 0 Å². The molecule has 0 aromatic rings. The maximum Gasteiger partial charge on any atom is 0.330 e. The van der Waals surface area contributed by atoms with E-state index in [1.54, 1.807) is 0 Å². The molecule has 0 heterocycles. The molecule has 0 aliphatic rings. The van der Waals surface area contributed by atoms with E-state index < -0.39 is 22.9 Å². The molecule has 0 aromatic carbocycles. The lowest BCUT2D eigenvalue weighted by atomic mass is 10.8. The number of carbonyl (C=O) groups is 1. The van der Waals surface area contributed by atoms with Crippen molar-refractivity contribution in [1.29, 1.82) is 0 Å². The maximum atomic E-state index is 9.12. The second-order valence-corrected chi connectivity index (χ2v) is 2.10. The third-order valence-corrected chi connectivity index (χ3v) is 0.135. The quantitative estimate of drug-likeness (QED) is 0.332. The zero-order valence-corrected chi connectivity index (χ0v) is 5.58. The summed E-state index contributed by atoms with van der Waals surface area (Å²) in [5, 5.41) is 18.9. The molecule has 0 amide bonds. The van der Waals surface area contributed by atoms with E-state index in [-0.39, 0.29) is 0 Å². The number of carboxylic acids is 1.